The zero-order valence-corrected chi connectivity index (χ0v) is 12.4. The molecule has 1 N–H and O–H groups in total. The highest BCUT2D eigenvalue weighted by molar-refractivity contribution is 9.10. The van der Waals surface area contributed by atoms with Crippen molar-refractivity contribution >= 4 is 33.0 Å². The van der Waals surface area contributed by atoms with Crippen LogP contribution in [-0.2, 0) is 0 Å². The Labute approximate surface area is 115 Å². The van der Waals surface area contributed by atoms with Crippen LogP contribution in [0.1, 0.15) is 29.8 Å². The summed E-state index contributed by atoms with van der Waals surface area (Å²) in [6.45, 7) is 4.35. The molecule has 1 aromatic carbocycles. The van der Waals surface area contributed by atoms with Crippen molar-refractivity contribution in [2.75, 3.05) is 5.32 Å². The van der Waals surface area contributed by atoms with E-state index in [1.165, 1.54) is 16.1 Å². The highest BCUT2D eigenvalue weighted by atomic mass is 79.9. The van der Waals surface area contributed by atoms with Gasteiger partial charge in [0.2, 0.25) is 0 Å². The summed E-state index contributed by atoms with van der Waals surface area (Å²) < 4.78 is 1.12. The van der Waals surface area contributed by atoms with Crippen molar-refractivity contribution in [3.63, 3.8) is 0 Å². The summed E-state index contributed by atoms with van der Waals surface area (Å²) in [6.07, 6.45) is 1.09. The van der Waals surface area contributed by atoms with E-state index in [1.54, 1.807) is 0 Å². The fraction of sp³-hybridized carbons (Fsp3) is 0.286. The molecule has 0 saturated carbocycles. The van der Waals surface area contributed by atoms with E-state index in [0.29, 0.717) is 6.04 Å². The standard InChI is InChI=1S/C14H16BrNS/c1-3-12(14-5-4-8-17-14)16-13-9-11(15)7-6-10(13)2/h4-9,12,16H,3H2,1-2H3. The van der Waals surface area contributed by atoms with Crippen molar-refractivity contribution in [2.24, 2.45) is 0 Å². The monoisotopic (exact) mass is 309 g/mol. The summed E-state index contributed by atoms with van der Waals surface area (Å²) in [5.41, 5.74) is 2.49. The highest BCUT2D eigenvalue weighted by Gasteiger charge is 2.11. The molecule has 17 heavy (non-hydrogen) atoms. The summed E-state index contributed by atoms with van der Waals surface area (Å²) in [7, 11) is 0. The Hall–Kier alpha value is -0.800. The maximum Gasteiger partial charge on any atom is 0.0604 e. The van der Waals surface area contributed by atoms with Crippen LogP contribution in [0.3, 0.4) is 0 Å². The second kappa shape index (κ2) is 5.69. The first-order chi connectivity index (χ1) is 8.20. The number of anilines is 1. The Morgan fingerprint density at radius 1 is 1.35 bits per heavy atom. The summed E-state index contributed by atoms with van der Waals surface area (Å²) >= 11 is 5.33. The number of hydrogen-bond acceptors (Lipinski definition) is 2. The molecule has 0 fully saturated rings. The molecule has 0 spiro atoms. The van der Waals surface area contributed by atoms with Crippen LogP contribution in [0.5, 0.6) is 0 Å². The van der Waals surface area contributed by atoms with Crippen LogP contribution in [0.15, 0.2) is 40.2 Å². The number of rotatable bonds is 4. The molecule has 1 nitrogen and oxygen atoms in total. The Morgan fingerprint density at radius 3 is 2.82 bits per heavy atom. The minimum Gasteiger partial charge on any atom is -0.377 e. The average molecular weight is 310 g/mol. The van der Waals surface area contributed by atoms with Crippen LogP contribution in [0.25, 0.3) is 0 Å². The zero-order valence-electron chi connectivity index (χ0n) is 10.0. The Balaban J connectivity index is 2.21. The van der Waals surface area contributed by atoms with E-state index < -0.39 is 0 Å². The lowest BCUT2D eigenvalue weighted by Crippen LogP contribution is -2.09. The second-order valence-electron chi connectivity index (χ2n) is 4.08. The first-order valence-electron chi connectivity index (χ1n) is 5.76. The average Bonchev–Trinajstić information content (AvgIpc) is 2.84. The van der Waals surface area contributed by atoms with Crippen molar-refractivity contribution in [3.05, 3.63) is 50.6 Å². The molecule has 0 aliphatic carbocycles. The number of thiophene rings is 1. The third-order valence-corrected chi connectivity index (χ3v) is 4.30. The van der Waals surface area contributed by atoms with Crippen LogP contribution in [0, 0.1) is 6.92 Å². The SMILES string of the molecule is CCC(Nc1cc(Br)ccc1C)c1cccs1. The predicted octanol–water partition coefficient (Wildman–Crippen LogP) is 5.38. The molecule has 90 valence electrons. The van der Waals surface area contributed by atoms with Gasteiger partial charge in [-0.15, -0.1) is 11.3 Å². The molecule has 2 aromatic rings. The van der Waals surface area contributed by atoms with Crippen molar-refractivity contribution in [1.82, 2.24) is 0 Å². The summed E-state index contributed by atoms with van der Waals surface area (Å²) in [4.78, 5) is 1.40. The molecule has 0 saturated heterocycles. The molecule has 0 bridgehead atoms. The maximum absolute atomic E-state index is 3.62. The third-order valence-electron chi connectivity index (χ3n) is 2.82. The minimum atomic E-state index is 0.406. The van der Waals surface area contributed by atoms with Gasteiger partial charge < -0.3 is 5.32 Å². The van der Waals surface area contributed by atoms with Crippen molar-refractivity contribution in [3.8, 4) is 0 Å². The number of nitrogens with one attached hydrogen (secondary N) is 1. The van der Waals surface area contributed by atoms with Gasteiger partial charge in [0.15, 0.2) is 0 Å². The van der Waals surface area contributed by atoms with Crippen LogP contribution in [0.2, 0.25) is 0 Å². The number of hydrogen-bond donors (Lipinski definition) is 1. The lowest BCUT2D eigenvalue weighted by molar-refractivity contribution is 0.763. The van der Waals surface area contributed by atoms with Gasteiger partial charge in [-0.1, -0.05) is 35.0 Å². The molecule has 1 aromatic heterocycles. The van der Waals surface area contributed by atoms with Gasteiger partial charge in [-0.2, -0.15) is 0 Å². The fourth-order valence-corrected chi connectivity index (χ4v) is 3.02. The largest absolute Gasteiger partial charge is 0.377 e. The van der Waals surface area contributed by atoms with Gasteiger partial charge in [-0.25, -0.2) is 0 Å². The zero-order chi connectivity index (χ0) is 12.3. The molecular formula is C14H16BrNS. The van der Waals surface area contributed by atoms with Crippen molar-refractivity contribution < 1.29 is 0 Å². The molecule has 0 aliphatic heterocycles. The molecule has 1 unspecified atom stereocenters. The van der Waals surface area contributed by atoms with Gasteiger partial charge in [-0.3, -0.25) is 0 Å². The normalized spacial score (nSPS) is 12.4. The smallest absolute Gasteiger partial charge is 0.0604 e. The summed E-state index contributed by atoms with van der Waals surface area (Å²) in [6, 6.07) is 11.1. The van der Waals surface area contributed by atoms with Gasteiger partial charge in [0.25, 0.3) is 0 Å². The number of halogens is 1. The molecule has 2 rings (SSSR count). The topological polar surface area (TPSA) is 12.0 Å². The van der Waals surface area contributed by atoms with Crippen LogP contribution >= 0.6 is 27.3 Å². The van der Waals surface area contributed by atoms with Crippen molar-refractivity contribution in [1.29, 1.82) is 0 Å². The quantitative estimate of drug-likeness (QED) is 0.799. The molecule has 1 heterocycles. The van der Waals surface area contributed by atoms with Gasteiger partial charge in [0.1, 0.15) is 0 Å². The number of aryl methyl sites for hydroxylation is 1. The Bertz CT molecular complexity index is 479. The van der Waals surface area contributed by atoms with Crippen molar-refractivity contribution in [2.45, 2.75) is 26.3 Å². The molecular weight excluding hydrogens is 294 g/mol. The second-order valence-corrected chi connectivity index (χ2v) is 5.97. The van der Waals surface area contributed by atoms with E-state index >= 15 is 0 Å². The first-order valence-corrected chi connectivity index (χ1v) is 7.44. The summed E-state index contributed by atoms with van der Waals surface area (Å²) in [5, 5.41) is 5.75. The lowest BCUT2D eigenvalue weighted by atomic mass is 10.1. The molecule has 0 amide bonds. The lowest BCUT2D eigenvalue weighted by Gasteiger charge is -2.18. The number of benzene rings is 1. The first kappa shape index (κ1) is 12.7. The minimum absolute atomic E-state index is 0.406. The van der Waals surface area contributed by atoms with E-state index in [4.69, 9.17) is 0 Å². The van der Waals surface area contributed by atoms with Gasteiger partial charge >= 0.3 is 0 Å². The Kier molecular flexibility index (Phi) is 4.24. The Morgan fingerprint density at radius 2 is 2.18 bits per heavy atom. The molecule has 0 aliphatic rings. The maximum atomic E-state index is 3.62. The van der Waals surface area contributed by atoms with E-state index in [9.17, 15) is 0 Å². The highest BCUT2D eigenvalue weighted by Crippen LogP contribution is 2.29. The molecule has 3 heteroatoms. The molecule has 0 radical (unpaired) electrons. The fourth-order valence-electron chi connectivity index (χ4n) is 1.80. The third kappa shape index (κ3) is 3.11. The van der Waals surface area contributed by atoms with Crippen LogP contribution < -0.4 is 5.32 Å². The van der Waals surface area contributed by atoms with Gasteiger partial charge in [-0.05, 0) is 42.5 Å². The molecule has 1 atom stereocenters. The van der Waals surface area contributed by atoms with Crippen LogP contribution in [-0.4, -0.2) is 0 Å². The van der Waals surface area contributed by atoms with E-state index in [-0.39, 0.29) is 0 Å². The van der Waals surface area contributed by atoms with E-state index in [1.807, 2.05) is 11.3 Å². The summed E-state index contributed by atoms with van der Waals surface area (Å²) in [5.74, 6) is 0. The van der Waals surface area contributed by atoms with Crippen LogP contribution in [0.4, 0.5) is 5.69 Å². The van der Waals surface area contributed by atoms with E-state index in [0.717, 1.165) is 10.9 Å². The van der Waals surface area contributed by atoms with Gasteiger partial charge in [0, 0.05) is 15.0 Å². The predicted molar refractivity (Wildman–Crippen MR) is 79.9 cm³/mol. The van der Waals surface area contributed by atoms with E-state index in [2.05, 4.69) is 70.8 Å². The van der Waals surface area contributed by atoms with Gasteiger partial charge in [0.05, 0.1) is 6.04 Å².